The zero-order valence-corrected chi connectivity index (χ0v) is 11.3. The molecular weight excluding hydrogens is 220 g/mol. The molecule has 1 aromatic rings. The van der Waals surface area contributed by atoms with Crippen molar-refractivity contribution in [2.75, 3.05) is 19.6 Å². The van der Waals surface area contributed by atoms with Gasteiger partial charge in [-0.15, -0.1) is 0 Å². The Bertz CT molecular complexity index is 372. The third kappa shape index (κ3) is 2.93. The number of hydrogen-bond donors (Lipinski definition) is 1. The summed E-state index contributed by atoms with van der Waals surface area (Å²) < 4.78 is 0. The molecule has 3 rings (SSSR count). The largest absolute Gasteiger partial charge is 0.308 e. The van der Waals surface area contributed by atoms with Gasteiger partial charge in [0.25, 0.3) is 0 Å². The van der Waals surface area contributed by atoms with E-state index in [4.69, 9.17) is 0 Å². The van der Waals surface area contributed by atoms with Gasteiger partial charge >= 0.3 is 0 Å². The first-order valence-electron chi connectivity index (χ1n) is 7.35. The monoisotopic (exact) mass is 244 g/mol. The minimum atomic E-state index is 0.515. The van der Waals surface area contributed by atoms with Gasteiger partial charge < -0.3 is 5.32 Å². The van der Waals surface area contributed by atoms with Crippen molar-refractivity contribution in [2.45, 2.75) is 38.3 Å². The van der Waals surface area contributed by atoms with Crippen molar-refractivity contribution in [3.63, 3.8) is 0 Å². The van der Waals surface area contributed by atoms with E-state index in [-0.39, 0.29) is 0 Å². The summed E-state index contributed by atoms with van der Waals surface area (Å²) in [5.74, 6) is 1.03. The molecule has 0 aromatic heterocycles. The predicted octanol–water partition coefficient (Wildman–Crippen LogP) is 2.82. The highest BCUT2D eigenvalue weighted by atomic mass is 15.2. The van der Waals surface area contributed by atoms with Gasteiger partial charge in [-0.25, -0.2) is 0 Å². The van der Waals surface area contributed by atoms with Crippen LogP contribution in [0.3, 0.4) is 0 Å². The lowest BCUT2D eigenvalue weighted by molar-refractivity contribution is 0.143. The van der Waals surface area contributed by atoms with Crippen molar-refractivity contribution in [2.24, 2.45) is 5.92 Å². The van der Waals surface area contributed by atoms with Gasteiger partial charge in [-0.1, -0.05) is 43.2 Å². The molecule has 1 saturated carbocycles. The molecule has 1 N–H and O–H groups in total. The van der Waals surface area contributed by atoms with E-state index in [1.54, 1.807) is 0 Å². The molecule has 0 bridgehead atoms. The highest BCUT2D eigenvalue weighted by Gasteiger charge is 2.29. The van der Waals surface area contributed by atoms with Gasteiger partial charge in [-0.3, -0.25) is 4.90 Å². The van der Waals surface area contributed by atoms with Crippen LogP contribution in [0.15, 0.2) is 30.3 Å². The standard InChI is InChI=1S/C16H24N2/c1-13(11-14-7-8-14)18-10-9-17-16(12-18)15-5-3-2-4-6-15/h2-6,13-14,16-17H,7-12H2,1H3. The average Bonchev–Trinajstić information content (AvgIpc) is 3.24. The fraction of sp³-hybridized carbons (Fsp3) is 0.625. The van der Waals surface area contributed by atoms with Crippen LogP contribution in [0.4, 0.5) is 0 Å². The Morgan fingerprint density at radius 1 is 1.28 bits per heavy atom. The number of nitrogens with one attached hydrogen (secondary N) is 1. The molecule has 1 saturated heterocycles. The Kier molecular flexibility index (Phi) is 3.67. The first-order valence-corrected chi connectivity index (χ1v) is 7.35. The Labute approximate surface area is 110 Å². The van der Waals surface area contributed by atoms with E-state index in [1.807, 2.05) is 0 Å². The molecule has 1 aliphatic heterocycles. The van der Waals surface area contributed by atoms with Gasteiger partial charge in [0, 0.05) is 31.7 Å². The second-order valence-electron chi connectivity index (χ2n) is 5.94. The molecule has 98 valence electrons. The minimum Gasteiger partial charge on any atom is -0.308 e. The van der Waals surface area contributed by atoms with E-state index in [1.165, 1.54) is 31.4 Å². The average molecular weight is 244 g/mol. The SMILES string of the molecule is CC(CC1CC1)N1CCNC(c2ccccc2)C1. The summed E-state index contributed by atoms with van der Waals surface area (Å²) >= 11 is 0. The second kappa shape index (κ2) is 5.41. The summed E-state index contributed by atoms with van der Waals surface area (Å²) in [4.78, 5) is 2.67. The van der Waals surface area contributed by atoms with Crippen LogP contribution in [0.1, 0.15) is 37.8 Å². The van der Waals surface area contributed by atoms with Gasteiger partial charge in [0.05, 0.1) is 0 Å². The molecule has 0 spiro atoms. The molecule has 2 heteroatoms. The van der Waals surface area contributed by atoms with Crippen LogP contribution in [0, 0.1) is 5.92 Å². The number of hydrogen-bond acceptors (Lipinski definition) is 2. The normalized spacial score (nSPS) is 27.1. The van der Waals surface area contributed by atoms with Gasteiger partial charge in [0.15, 0.2) is 0 Å². The van der Waals surface area contributed by atoms with Gasteiger partial charge in [0.1, 0.15) is 0 Å². The topological polar surface area (TPSA) is 15.3 Å². The lowest BCUT2D eigenvalue weighted by Crippen LogP contribution is -2.49. The number of piperazine rings is 1. The molecule has 1 aliphatic carbocycles. The summed E-state index contributed by atoms with van der Waals surface area (Å²) in [7, 11) is 0. The Balaban J connectivity index is 1.60. The summed E-state index contributed by atoms with van der Waals surface area (Å²) in [5.41, 5.74) is 1.43. The summed E-state index contributed by atoms with van der Waals surface area (Å²) in [6.45, 7) is 5.90. The van der Waals surface area contributed by atoms with E-state index < -0.39 is 0 Å². The van der Waals surface area contributed by atoms with Crippen LogP contribution in [0.2, 0.25) is 0 Å². The van der Waals surface area contributed by atoms with Crippen molar-refractivity contribution >= 4 is 0 Å². The van der Waals surface area contributed by atoms with Crippen molar-refractivity contribution in [1.82, 2.24) is 10.2 Å². The maximum Gasteiger partial charge on any atom is 0.0449 e. The van der Waals surface area contributed by atoms with E-state index in [2.05, 4.69) is 47.5 Å². The van der Waals surface area contributed by atoms with Crippen LogP contribution in [-0.4, -0.2) is 30.6 Å². The smallest absolute Gasteiger partial charge is 0.0449 e. The zero-order chi connectivity index (χ0) is 12.4. The fourth-order valence-electron chi connectivity index (χ4n) is 3.07. The molecule has 0 amide bonds. The van der Waals surface area contributed by atoms with Crippen LogP contribution >= 0.6 is 0 Å². The van der Waals surface area contributed by atoms with Crippen molar-refractivity contribution in [3.8, 4) is 0 Å². The summed E-state index contributed by atoms with van der Waals surface area (Å²) in [6, 6.07) is 12.1. The zero-order valence-electron chi connectivity index (χ0n) is 11.3. The maximum absolute atomic E-state index is 3.65. The van der Waals surface area contributed by atoms with Crippen molar-refractivity contribution < 1.29 is 0 Å². The molecule has 2 aliphatic rings. The first kappa shape index (κ1) is 12.2. The molecule has 2 fully saturated rings. The molecular formula is C16H24N2. The van der Waals surface area contributed by atoms with Crippen molar-refractivity contribution in [3.05, 3.63) is 35.9 Å². The van der Waals surface area contributed by atoms with Crippen molar-refractivity contribution in [1.29, 1.82) is 0 Å². The van der Waals surface area contributed by atoms with Crippen LogP contribution < -0.4 is 5.32 Å². The molecule has 1 aromatic carbocycles. The first-order chi connectivity index (χ1) is 8.83. The molecule has 2 atom stereocenters. The molecule has 1 heterocycles. The fourth-order valence-corrected chi connectivity index (χ4v) is 3.07. The third-order valence-corrected chi connectivity index (χ3v) is 4.40. The minimum absolute atomic E-state index is 0.515. The van der Waals surface area contributed by atoms with Gasteiger partial charge in [-0.2, -0.15) is 0 Å². The molecule has 0 radical (unpaired) electrons. The molecule has 2 unspecified atom stereocenters. The highest BCUT2D eigenvalue weighted by molar-refractivity contribution is 5.19. The summed E-state index contributed by atoms with van der Waals surface area (Å²) in [5, 5.41) is 3.65. The Hall–Kier alpha value is -0.860. The van der Waals surface area contributed by atoms with Gasteiger partial charge in [0.2, 0.25) is 0 Å². The molecule has 18 heavy (non-hydrogen) atoms. The number of rotatable bonds is 4. The highest BCUT2D eigenvalue weighted by Crippen LogP contribution is 2.35. The second-order valence-corrected chi connectivity index (χ2v) is 5.94. The maximum atomic E-state index is 3.65. The molecule has 2 nitrogen and oxygen atoms in total. The van der Waals surface area contributed by atoms with E-state index in [0.717, 1.165) is 25.0 Å². The van der Waals surface area contributed by atoms with E-state index in [9.17, 15) is 0 Å². The summed E-state index contributed by atoms with van der Waals surface area (Å²) in [6.07, 6.45) is 4.35. The number of benzene rings is 1. The quantitative estimate of drug-likeness (QED) is 0.876. The lowest BCUT2D eigenvalue weighted by Gasteiger charge is -2.38. The van der Waals surface area contributed by atoms with Crippen LogP contribution in [0.25, 0.3) is 0 Å². The third-order valence-electron chi connectivity index (χ3n) is 4.40. The van der Waals surface area contributed by atoms with Crippen LogP contribution in [-0.2, 0) is 0 Å². The van der Waals surface area contributed by atoms with E-state index in [0.29, 0.717) is 6.04 Å². The number of nitrogens with zero attached hydrogens (tertiary/aromatic N) is 1. The predicted molar refractivity (Wildman–Crippen MR) is 75.6 cm³/mol. The lowest BCUT2D eigenvalue weighted by atomic mass is 10.0. The van der Waals surface area contributed by atoms with Crippen LogP contribution in [0.5, 0.6) is 0 Å². The van der Waals surface area contributed by atoms with Gasteiger partial charge in [-0.05, 0) is 24.8 Å². The van der Waals surface area contributed by atoms with E-state index >= 15 is 0 Å². The Morgan fingerprint density at radius 3 is 2.78 bits per heavy atom. The Morgan fingerprint density at radius 2 is 2.06 bits per heavy atom.